The van der Waals surface area contributed by atoms with Crippen LogP contribution in [-0.2, 0) is 0 Å². The Labute approximate surface area is 111 Å². The minimum absolute atomic E-state index is 0.0772. The first-order valence-corrected chi connectivity index (χ1v) is 5.91. The van der Waals surface area contributed by atoms with Crippen molar-refractivity contribution in [1.82, 2.24) is 19.9 Å². The SMILES string of the molecule is CC(O)Nc1ccc2nc3c(=O)[nH]c(=O)[nH]c3nc2c1. The summed E-state index contributed by atoms with van der Waals surface area (Å²) in [5.74, 6) is 0. The van der Waals surface area contributed by atoms with E-state index in [1.165, 1.54) is 0 Å². The number of hydrogen-bond donors (Lipinski definition) is 4. The van der Waals surface area contributed by atoms with Gasteiger partial charge in [0.05, 0.1) is 11.0 Å². The second-order valence-electron chi connectivity index (χ2n) is 4.35. The molecule has 0 fully saturated rings. The predicted molar refractivity (Wildman–Crippen MR) is 73.6 cm³/mol. The summed E-state index contributed by atoms with van der Waals surface area (Å²) in [7, 11) is 0. The molecule has 0 bridgehead atoms. The zero-order valence-electron chi connectivity index (χ0n) is 10.5. The lowest BCUT2D eigenvalue weighted by atomic mass is 10.2. The van der Waals surface area contributed by atoms with Crippen molar-refractivity contribution in [2.24, 2.45) is 0 Å². The van der Waals surface area contributed by atoms with Gasteiger partial charge in [-0.25, -0.2) is 14.8 Å². The molecule has 0 spiro atoms. The van der Waals surface area contributed by atoms with Gasteiger partial charge in [0, 0.05) is 5.69 Å². The molecule has 3 aromatic rings. The summed E-state index contributed by atoms with van der Waals surface area (Å²) in [4.78, 5) is 35.8. The maximum atomic E-state index is 11.6. The van der Waals surface area contributed by atoms with Crippen LogP contribution in [0.5, 0.6) is 0 Å². The van der Waals surface area contributed by atoms with Crippen LogP contribution in [0, 0.1) is 0 Å². The highest BCUT2D eigenvalue weighted by Gasteiger charge is 2.07. The number of hydrogen-bond acceptors (Lipinski definition) is 6. The van der Waals surface area contributed by atoms with Crippen LogP contribution in [0.2, 0.25) is 0 Å². The minimum atomic E-state index is -0.705. The van der Waals surface area contributed by atoms with E-state index in [4.69, 9.17) is 0 Å². The normalized spacial score (nSPS) is 12.7. The topological polar surface area (TPSA) is 124 Å². The Kier molecular flexibility index (Phi) is 2.72. The molecule has 20 heavy (non-hydrogen) atoms. The van der Waals surface area contributed by atoms with Crippen LogP contribution in [0.3, 0.4) is 0 Å². The van der Waals surface area contributed by atoms with Gasteiger partial charge in [-0.2, -0.15) is 0 Å². The number of fused-ring (bicyclic) bond motifs is 2. The zero-order chi connectivity index (χ0) is 14.3. The molecule has 0 aliphatic carbocycles. The molecule has 8 heteroatoms. The van der Waals surface area contributed by atoms with Crippen LogP contribution in [0.4, 0.5) is 5.69 Å². The van der Waals surface area contributed by atoms with Crippen LogP contribution < -0.4 is 16.6 Å². The Bertz CT molecular complexity index is 912. The molecule has 0 saturated heterocycles. The molecule has 0 aliphatic heterocycles. The fourth-order valence-electron chi connectivity index (χ4n) is 1.93. The highest BCUT2D eigenvalue weighted by atomic mass is 16.3. The highest BCUT2D eigenvalue weighted by Crippen LogP contribution is 2.17. The van der Waals surface area contributed by atoms with Crippen molar-refractivity contribution in [2.45, 2.75) is 13.2 Å². The number of nitrogens with zero attached hydrogens (tertiary/aromatic N) is 2. The van der Waals surface area contributed by atoms with Crippen LogP contribution in [0.15, 0.2) is 27.8 Å². The molecule has 4 N–H and O–H groups in total. The molecule has 0 radical (unpaired) electrons. The number of aliphatic hydroxyl groups is 1. The summed E-state index contributed by atoms with van der Waals surface area (Å²) < 4.78 is 0. The average Bonchev–Trinajstić information content (AvgIpc) is 2.35. The van der Waals surface area contributed by atoms with Gasteiger partial charge >= 0.3 is 5.69 Å². The molecule has 0 aliphatic rings. The third-order valence-electron chi connectivity index (χ3n) is 2.71. The lowest BCUT2D eigenvalue weighted by Crippen LogP contribution is -2.23. The van der Waals surface area contributed by atoms with Crippen molar-refractivity contribution >= 4 is 27.9 Å². The maximum absolute atomic E-state index is 11.6. The lowest BCUT2D eigenvalue weighted by Gasteiger charge is -2.09. The Morgan fingerprint density at radius 2 is 2.00 bits per heavy atom. The van der Waals surface area contributed by atoms with Crippen LogP contribution in [0.1, 0.15) is 6.92 Å². The molecular formula is C12H11N5O3. The molecule has 0 amide bonds. The highest BCUT2D eigenvalue weighted by molar-refractivity contribution is 5.85. The molecule has 102 valence electrons. The molecule has 1 atom stereocenters. The van der Waals surface area contributed by atoms with E-state index in [0.717, 1.165) is 0 Å². The smallest absolute Gasteiger partial charge is 0.327 e. The third-order valence-corrected chi connectivity index (χ3v) is 2.71. The number of benzene rings is 1. The van der Waals surface area contributed by atoms with Crippen molar-refractivity contribution in [2.75, 3.05) is 5.32 Å². The van der Waals surface area contributed by atoms with E-state index in [2.05, 4.69) is 25.3 Å². The first-order valence-electron chi connectivity index (χ1n) is 5.91. The molecule has 3 rings (SSSR count). The van der Waals surface area contributed by atoms with Crippen molar-refractivity contribution in [3.05, 3.63) is 39.0 Å². The zero-order valence-corrected chi connectivity index (χ0v) is 10.5. The summed E-state index contributed by atoms with van der Waals surface area (Å²) >= 11 is 0. The number of nitrogens with one attached hydrogen (secondary N) is 3. The average molecular weight is 273 g/mol. The number of H-pyrrole nitrogens is 2. The van der Waals surface area contributed by atoms with Gasteiger partial charge in [-0.15, -0.1) is 0 Å². The van der Waals surface area contributed by atoms with E-state index in [0.29, 0.717) is 16.7 Å². The number of aliphatic hydroxyl groups excluding tert-OH is 1. The van der Waals surface area contributed by atoms with Crippen LogP contribution in [-0.4, -0.2) is 31.3 Å². The van der Waals surface area contributed by atoms with E-state index >= 15 is 0 Å². The van der Waals surface area contributed by atoms with Gasteiger partial charge in [0.15, 0.2) is 11.2 Å². The van der Waals surface area contributed by atoms with E-state index in [1.807, 2.05) is 0 Å². The van der Waals surface area contributed by atoms with E-state index < -0.39 is 17.5 Å². The Morgan fingerprint density at radius 3 is 2.75 bits per heavy atom. The minimum Gasteiger partial charge on any atom is -0.374 e. The summed E-state index contributed by atoms with van der Waals surface area (Å²) in [6, 6.07) is 5.07. The van der Waals surface area contributed by atoms with Gasteiger partial charge in [0.2, 0.25) is 0 Å². The Morgan fingerprint density at radius 1 is 1.20 bits per heavy atom. The molecular weight excluding hydrogens is 262 g/mol. The van der Waals surface area contributed by atoms with Gasteiger partial charge in [0.25, 0.3) is 5.56 Å². The van der Waals surface area contributed by atoms with Crippen molar-refractivity contribution < 1.29 is 5.11 Å². The van der Waals surface area contributed by atoms with Crippen molar-refractivity contribution in [1.29, 1.82) is 0 Å². The Hall–Kier alpha value is -2.74. The van der Waals surface area contributed by atoms with E-state index in [-0.39, 0.29) is 11.2 Å². The van der Waals surface area contributed by atoms with Crippen LogP contribution >= 0.6 is 0 Å². The molecule has 2 aromatic heterocycles. The van der Waals surface area contributed by atoms with Gasteiger partial charge in [-0.1, -0.05) is 0 Å². The first kappa shape index (κ1) is 12.3. The number of aromatic amines is 2. The van der Waals surface area contributed by atoms with Crippen LogP contribution in [0.25, 0.3) is 22.2 Å². The van der Waals surface area contributed by atoms with Gasteiger partial charge < -0.3 is 10.4 Å². The molecule has 2 heterocycles. The summed E-state index contributed by atoms with van der Waals surface area (Å²) in [6.07, 6.45) is -0.705. The van der Waals surface area contributed by atoms with E-state index in [1.54, 1.807) is 25.1 Å². The second-order valence-corrected chi connectivity index (χ2v) is 4.35. The van der Waals surface area contributed by atoms with Gasteiger partial charge in [0.1, 0.15) is 6.23 Å². The van der Waals surface area contributed by atoms with Gasteiger partial charge in [-0.3, -0.25) is 14.8 Å². The fourth-order valence-corrected chi connectivity index (χ4v) is 1.93. The second kappa shape index (κ2) is 4.42. The van der Waals surface area contributed by atoms with Crippen molar-refractivity contribution in [3.63, 3.8) is 0 Å². The molecule has 0 saturated carbocycles. The number of aromatic nitrogens is 4. The Balaban J connectivity index is 2.28. The monoisotopic (exact) mass is 273 g/mol. The molecule has 1 aromatic carbocycles. The number of rotatable bonds is 2. The predicted octanol–water partition coefficient (Wildman–Crippen LogP) is -0.0902. The van der Waals surface area contributed by atoms with Gasteiger partial charge in [-0.05, 0) is 25.1 Å². The first-order chi connectivity index (χ1) is 9.52. The molecule has 1 unspecified atom stereocenters. The summed E-state index contributed by atoms with van der Waals surface area (Å²) in [6.45, 7) is 1.59. The summed E-state index contributed by atoms with van der Waals surface area (Å²) in [5, 5.41) is 12.1. The third kappa shape index (κ3) is 2.12. The van der Waals surface area contributed by atoms with Crippen molar-refractivity contribution in [3.8, 4) is 0 Å². The lowest BCUT2D eigenvalue weighted by molar-refractivity contribution is 0.224. The standard InChI is InChI=1S/C12H11N5O3/c1-5(18)13-6-2-3-7-8(4-6)15-10-9(14-7)11(19)17-12(20)16-10/h2-5,13,18H,1H3,(H2,15,16,17,19,20). The molecule has 8 nitrogen and oxygen atoms in total. The quantitative estimate of drug-likeness (QED) is 0.382. The largest absolute Gasteiger partial charge is 0.374 e. The fraction of sp³-hybridized carbons (Fsp3) is 0.167. The summed E-state index contributed by atoms with van der Waals surface area (Å²) in [5.41, 5.74) is 0.677. The number of anilines is 1. The maximum Gasteiger partial charge on any atom is 0.327 e. The van der Waals surface area contributed by atoms with E-state index in [9.17, 15) is 14.7 Å².